The number of cyclic esters (lactones) is 1. The fourth-order valence-electron chi connectivity index (χ4n) is 3.46. The van der Waals surface area contributed by atoms with Crippen molar-refractivity contribution >= 4 is 17.6 Å². The SMILES string of the molecule is CC1c2ccccc2C(=O)OC1(CCN(C)C)c1ccc(Cl)cc1. The number of nitrogens with zero attached hydrogens (tertiary/aromatic N) is 1. The molecule has 0 saturated carbocycles. The fourth-order valence-corrected chi connectivity index (χ4v) is 3.59. The predicted molar refractivity (Wildman–Crippen MR) is 96.6 cm³/mol. The van der Waals surface area contributed by atoms with E-state index in [1.54, 1.807) is 0 Å². The summed E-state index contributed by atoms with van der Waals surface area (Å²) in [6, 6.07) is 15.4. The third-order valence-electron chi connectivity index (χ3n) is 4.88. The van der Waals surface area contributed by atoms with Crippen molar-refractivity contribution in [3.63, 3.8) is 0 Å². The summed E-state index contributed by atoms with van der Waals surface area (Å²) in [5, 5.41) is 0.677. The van der Waals surface area contributed by atoms with E-state index < -0.39 is 5.60 Å². The molecule has 1 heterocycles. The van der Waals surface area contributed by atoms with Crippen LogP contribution in [0.1, 0.15) is 40.7 Å². The fraction of sp³-hybridized carbons (Fsp3) is 0.350. The summed E-state index contributed by atoms with van der Waals surface area (Å²) >= 11 is 6.05. The Morgan fingerprint density at radius 1 is 1.12 bits per heavy atom. The van der Waals surface area contributed by atoms with Gasteiger partial charge in [0.15, 0.2) is 0 Å². The van der Waals surface area contributed by atoms with E-state index in [1.807, 2.05) is 62.6 Å². The van der Waals surface area contributed by atoms with E-state index in [1.165, 1.54) is 0 Å². The molecule has 0 amide bonds. The average Bonchev–Trinajstić information content (AvgIpc) is 2.58. The molecule has 3 rings (SSSR count). The summed E-state index contributed by atoms with van der Waals surface area (Å²) in [6.45, 7) is 2.96. The molecular formula is C20H22ClNO2. The number of carbonyl (C=O) groups excluding carboxylic acids is 1. The first-order valence-electron chi connectivity index (χ1n) is 8.17. The molecule has 0 aromatic heterocycles. The van der Waals surface area contributed by atoms with E-state index >= 15 is 0 Å². The molecule has 2 aromatic rings. The molecule has 24 heavy (non-hydrogen) atoms. The van der Waals surface area contributed by atoms with Crippen LogP contribution < -0.4 is 0 Å². The molecule has 1 aliphatic rings. The highest BCUT2D eigenvalue weighted by Crippen LogP contribution is 2.48. The molecule has 3 nitrogen and oxygen atoms in total. The average molecular weight is 344 g/mol. The number of hydrogen-bond acceptors (Lipinski definition) is 3. The Morgan fingerprint density at radius 2 is 1.79 bits per heavy atom. The van der Waals surface area contributed by atoms with Crippen LogP contribution in [0.15, 0.2) is 48.5 Å². The summed E-state index contributed by atoms with van der Waals surface area (Å²) in [7, 11) is 4.05. The largest absolute Gasteiger partial charge is 0.450 e. The molecule has 0 saturated heterocycles. The third kappa shape index (κ3) is 2.94. The zero-order chi connectivity index (χ0) is 17.3. The van der Waals surface area contributed by atoms with Crippen molar-refractivity contribution in [3.8, 4) is 0 Å². The lowest BCUT2D eigenvalue weighted by Crippen LogP contribution is -2.43. The van der Waals surface area contributed by atoms with Crippen LogP contribution in [0, 0.1) is 0 Å². The Labute approximate surface area is 148 Å². The van der Waals surface area contributed by atoms with E-state index in [2.05, 4.69) is 11.8 Å². The molecule has 2 atom stereocenters. The van der Waals surface area contributed by atoms with Crippen molar-refractivity contribution in [2.75, 3.05) is 20.6 Å². The number of fused-ring (bicyclic) bond motifs is 1. The maximum Gasteiger partial charge on any atom is 0.339 e. The number of carbonyl (C=O) groups is 1. The van der Waals surface area contributed by atoms with Gasteiger partial charge in [0.05, 0.1) is 5.56 Å². The van der Waals surface area contributed by atoms with Crippen LogP contribution in [0.3, 0.4) is 0 Å². The minimum atomic E-state index is -0.680. The Balaban J connectivity index is 2.11. The summed E-state index contributed by atoms with van der Waals surface area (Å²) in [5.74, 6) is -0.190. The normalized spacial score (nSPS) is 23.0. The Bertz CT molecular complexity index is 742. The third-order valence-corrected chi connectivity index (χ3v) is 5.14. The molecule has 0 aliphatic carbocycles. The van der Waals surface area contributed by atoms with Gasteiger partial charge in [0.2, 0.25) is 0 Å². The molecule has 2 aromatic carbocycles. The highest BCUT2D eigenvalue weighted by Gasteiger charge is 2.47. The van der Waals surface area contributed by atoms with Gasteiger partial charge in [-0.05, 0) is 43.4 Å². The van der Waals surface area contributed by atoms with Gasteiger partial charge in [0.25, 0.3) is 0 Å². The smallest absolute Gasteiger partial charge is 0.339 e. The lowest BCUT2D eigenvalue weighted by Gasteiger charge is -2.43. The second-order valence-corrected chi connectivity index (χ2v) is 7.08. The number of rotatable bonds is 4. The zero-order valence-corrected chi connectivity index (χ0v) is 15.0. The Morgan fingerprint density at radius 3 is 2.46 bits per heavy atom. The first kappa shape index (κ1) is 17.0. The van der Waals surface area contributed by atoms with E-state index in [0.717, 1.165) is 24.1 Å². The predicted octanol–water partition coefficient (Wildman–Crippen LogP) is 4.46. The van der Waals surface area contributed by atoms with Gasteiger partial charge in [0, 0.05) is 23.9 Å². The van der Waals surface area contributed by atoms with Crippen LogP contribution in [-0.4, -0.2) is 31.5 Å². The van der Waals surface area contributed by atoms with Crippen LogP contribution in [0.4, 0.5) is 0 Å². The Kier molecular flexibility index (Phi) is 4.66. The van der Waals surface area contributed by atoms with E-state index in [9.17, 15) is 4.79 Å². The molecule has 2 unspecified atom stereocenters. The van der Waals surface area contributed by atoms with E-state index in [-0.39, 0.29) is 11.9 Å². The molecule has 0 fully saturated rings. The number of esters is 1. The number of halogens is 1. The van der Waals surface area contributed by atoms with Crippen molar-refractivity contribution in [2.24, 2.45) is 0 Å². The van der Waals surface area contributed by atoms with Crippen LogP contribution in [0.25, 0.3) is 0 Å². The molecule has 0 N–H and O–H groups in total. The topological polar surface area (TPSA) is 29.5 Å². The monoisotopic (exact) mass is 343 g/mol. The minimum Gasteiger partial charge on any atom is -0.450 e. The Hall–Kier alpha value is -1.84. The molecular weight excluding hydrogens is 322 g/mol. The number of ether oxygens (including phenoxy) is 1. The maximum absolute atomic E-state index is 12.7. The first-order chi connectivity index (χ1) is 11.4. The van der Waals surface area contributed by atoms with Gasteiger partial charge >= 0.3 is 5.97 Å². The van der Waals surface area contributed by atoms with Crippen LogP contribution in [0.2, 0.25) is 5.02 Å². The number of benzene rings is 2. The molecule has 126 valence electrons. The van der Waals surface area contributed by atoms with Crippen molar-refractivity contribution < 1.29 is 9.53 Å². The molecule has 0 radical (unpaired) electrons. The molecule has 4 heteroatoms. The highest BCUT2D eigenvalue weighted by atomic mass is 35.5. The quantitative estimate of drug-likeness (QED) is 0.767. The second kappa shape index (κ2) is 6.58. The van der Waals surface area contributed by atoms with Gasteiger partial charge in [-0.15, -0.1) is 0 Å². The van der Waals surface area contributed by atoms with Crippen LogP contribution in [0.5, 0.6) is 0 Å². The second-order valence-electron chi connectivity index (χ2n) is 6.65. The van der Waals surface area contributed by atoms with Gasteiger partial charge in [-0.3, -0.25) is 0 Å². The zero-order valence-electron chi connectivity index (χ0n) is 14.3. The summed E-state index contributed by atoms with van der Waals surface area (Å²) in [5.41, 5.74) is 2.02. The summed E-state index contributed by atoms with van der Waals surface area (Å²) in [4.78, 5) is 14.8. The van der Waals surface area contributed by atoms with Gasteiger partial charge < -0.3 is 9.64 Å². The van der Waals surface area contributed by atoms with Crippen LogP contribution in [-0.2, 0) is 10.3 Å². The van der Waals surface area contributed by atoms with Crippen molar-refractivity contribution in [1.29, 1.82) is 0 Å². The lowest BCUT2D eigenvalue weighted by molar-refractivity contribution is -0.0497. The van der Waals surface area contributed by atoms with E-state index in [0.29, 0.717) is 10.6 Å². The molecule has 1 aliphatic heterocycles. The standard InChI is InChI=1S/C20H22ClNO2/c1-14-17-6-4-5-7-18(17)19(23)24-20(14,12-13-22(2)3)15-8-10-16(21)11-9-15/h4-11,14H,12-13H2,1-3H3. The van der Waals surface area contributed by atoms with Gasteiger partial charge in [0.1, 0.15) is 5.60 Å². The van der Waals surface area contributed by atoms with Crippen LogP contribution >= 0.6 is 11.6 Å². The highest BCUT2D eigenvalue weighted by molar-refractivity contribution is 6.30. The van der Waals surface area contributed by atoms with Gasteiger partial charge in [-0.1, -0.05) is 48.9 Å². The first-order valence-corrected chi connectivity index (χ1v) is 8.55. The van der Waals surface area contributed by atoms with Crippen molar-refractivity contribution in [3.05, 3.63) is 70.2 Å². The molecule has 0 spiro atoms. The maximum atomic E-state index is 12.7. The summed E-state index contributed by atoms with van der Waals surface area (Å²) < 4.78 is 6.08. The lowest BCUT2D eigenvalue weighted by atomic mass is 9.73. The van der Waals surface area contributed by atoms with E-state index in [4.69, 9.17) is 16.3 Å². The van der Waals surface area contributed by atoms with Crippen molar-refractivity contribution in [1.82, 2.24) is 4.90 Å². The van der Waals surface area contributed by atoms with Gasteiger partial charge in [-0.25, -0.2) is 4.79 Å². The van der Waals surface area contributed by atoms with Gasteiger partial charge in [-0.2, -0.15) is 0 Å². The molecule has 0 bridgehead atoms. The van der Waals surface area contributed by atoms with Crippen molar-refractivity contribution in [2.45, 2.75) is 24.9 Å². The summed E-state index contributed by atoms with van der Waals surface area (Å²) in [6.07, 6.45) is 0.725. The number of hydrogen-bond donors (Lipinski definition) is 0. The minimum absolute atomic E-state index is 0.0625.